The number of nitriles is 1. The number of hydrogen-bond donors (Lipinski definition) is 1. The lowest BCUT2D eigenvalue weighted by Gasteiger charge is -2.49. The highest BCUT2D eigenvalue weighted by atomic mass is 16.3. The van der Waals surface area contributed by atoms with Gasteiger partial charge in [-0.3, -0.25) is 9.25 Å². The third-order valence-electron chi connectivity index (χ3n) is 7.92. The summed E-state index contributed by atoms with van der Waals surface area (Å²) in [6, 6.07) is 23.1. The summed E-state index contributed by atoms with van der Waals surface area (Å²) >= 11 is 0. The molecule has 1 N–H and O–H groups in total. The van der Waals surface area contributed by atoms with Crippen molar-refractivity contribution < 1.29 is 5.11 Å². The van der Waals surface area contributed by atoms with E-state index in [0.29, 0.717) is 12.0 Å². The van der Waals surface area contributed by atoms with Gasteiger partial charge in [-0.1, -0.05) is 55.5 Å². The largest absolute Gasteiger partial charge is 0.511 e. The molecule has 0 amide bonds. The fourth-order valence-electron chi connectivity index (χ4n) is 6.35. The van der Waals surface area contributed by atoms with Crippen LogP contribution in [0.5, 0.6) is 0 Å². The fourth-order valence-corrected chi connectivity index (χ4v) is 6.35. The predicted molar refractivity (Wildman–Crippen MR) is 134 cm³/mol. The molecule has 2 aromatic heterocycles. The maximum Gasteiger partial charge on any atom is 0.148 e. The molecular weight excluding hydrogens is 434 g/mol. The Bertz CT molecular complexity index is 1470. The van der Waals surface area contributed by atoms with Gasteiger partial charge >= 0.3 is 0 Å². The van der Waals surface area contributed by atoms with Crippen LogP contribution in [0.2, 0.25) is 0 Å². The first-order valence-electron chi connectivity index (χ1n) is 12.1. The number of aromatic nitrogens is 4. The van der Waals surface area contributed by atoms with E-state index >= 15 is 0 Å². The Morgan fingerprint density at radius 1 is 1.09 bits per heavy atom. The van der Waals surface area contributed by atoms with E-state index < -0.39 is 5.41 Å². The van der Waals surface area contributed by atoms with E-state index in [-0.39, 0.29) is 17.6 Å². The average molecular weight is 462 g/mol. The number of rotatable bonds is 3. The summed E-state index contributed by atoms with van der Waals surface area (Å²) in [4.78, 5) is 5.37. The van der Waals surface area contributed by atoms with Gasteiger partial charge in [-0.05, 0) is 36.5 Å². The van der Waals surface area contributed by atoms with Crippen molar-refractivity contribution in [2.75, 3.05) is 0 Å². The molecule has 2 heterocycles. The van der Waals surface area contributed by atoms with Gasteiger partial charge in [0.15, 0.2) is 0 Å². The zero-order valence-corrected chi connectivity index (χ0v) is 19.9. The number of benzene rings is 2. The van der Waals surface area contributed by atoms with Gasteiger partial charge in [0.2, 0.25) is 0 Å². The predicted octanol–water partition coefficient (Wildman–Crippen LogP) is 5.50. The molecular formula is C29H27N5O. The van der Waals surface area contributed by atoms with Crippen LogP contribution in [0.15, 0.2) is 84.4 Å². The van der Waals surface area contributed by atoms with Gasteiger partial charge < -0.3 is 5.11 Å². The normalized spacial score (nSPS) is 23.5. The number of fused-ring (bicyclic) bond motifs is 3. The Hall–Kier alpha value is -4.11. The molecule has 2 aromatic carbocycles. The van der Waals surface area contributed by atoms with Crippen molar-refractivity contribution in [3.63, 3.8) is 0 Å². The molecule has 0 unspecified atom stereocenters. The fraction of sp³-hybridized carbons (Fsp3) is 0.276. The van der Waals surface area contributed by atoms with Gasteiger partial charge in [-0.15, -0.1) is 0 Å². The number of aryl methyl sites for hydroxylation is 1. The van der Waals surface area contributed by atoms with E-state index in [1.807, 2.05) is 43.7 Å². The molecule has 0 bridgehead atoms. The van der Waals surface area contributed by atoms with Crippen LogP contribution in [-0.2, 0) is 18.9 Å². The Labute approximate surface area is 204 Å². The maximum atomic E-state index is 10.9. The minimum Gasteiger partial charge on any atom is -0.511 e. The second-order valence-corrected chi connectivity index (χ2v) is 9.73. The second kappa shape index (κ2) is 7.99. The van der Waals surface area contributed by atoms with Crippen LogP contribution in [0, 0.1) is 23.2 Å². The molecule has 0 fully saturated rings. The van der Waals surface area contributed by atoms with Gasteiger partial charge in [0.05, 0.1) is 29.1 Å². The van der Waals surface area contributed by atoms with E-state index in [2.05, 4.69) is 59.1 Å². The molecule has 0 saturated carbocycles. The van der Waals surface area contributed by atoms with Gasteiger partial charge in [0.1, 0.15) is 11.6 Å². The Morgan fingerprint density at radius 2 is 1.80 bits per heavy atom. The lowest BCUT2D eigenvalue weighted by atomic mass is 9.54. The summed E-state index contributed by atoms with van der Waals surface area (Å²) < 4.78 is 4.06. The summed E-state index contributed by atoms with van der Waals surface area (Å²) in [7, 11) is 1.91. The Morgan fingerprint density at radius 3 is 2.46 bits per heavy atom. The highest BCUT2D eigenvalue weighted by Gasteiger charge is 2.54. The van der Waals surface area contributed by atoms with Gasteiger partial charge in [0, 0.05) is 42.4 Å². The molecule has 0 aliphatic heterocycles. The van der Waals surface area contributed by atoms with Crippen molar-refractivity contribution in [3.8, 4) is 23.1 Å². The molecule has 2 aliphatic carbocycles. The van der Waals surface area contributed by atoms with Crippen LogP contribution in [-0.4, -0.2) is 24.4 Å². The van der Waals surface area contributed by atoms with Crippen LogP contribution >= 0.6 is 0 Å². The minimum absolute atomic E-state index is 0.129. The summed E-state index contributed by atoms with van der Waals surface area (Å²) in [5, 5.41) is 25.3. The van der Waals surface area contributed by atoms with Crippen molar-refractivity contribution in [2.45, 2.75) is 31.6 Å². The maximum absolute atomic E-state index is 10.9. The molecule has 35 heavy (non-hydrogen) atoms. The zero-order chi connectivity index (χ0) is 24.2. The zero-order valence-electron chi connectivity index (χ0n) is 19.9. The van der Waals surface area contributed by atoms with E-state index in [1.54, 1.807) is 4.68 Å². The van der Waals surface area contributed by atoms with Crippen molar-refractivity contribution in [1.29, 1.82) is 5.26 Å². The topological polar surface area (TPSA) is 79.7 Å². The molecule has 0 spiro atoms. The molecule has 6 rings (SSSR count). The molecule has 4 aromatic rings. The number of imidazole rings is 1. The SMILES string of the molecule is C[C@@H]1C(O)=C(C#N)C[C@]2(c3ccccc3)c3nc(-c4cnn(C)c4)n(-c4ccccc4)c3CC[C@@H]12. The number of aliphatic hydroxyl groups is 1. The third kappa shape index (κ3) is 3.08. The Balaban J connectivity index is 1.69. The number of nitrogens with zero attached hydrogens (tertiary/aromatic N) is 5. The van der Waals surface area contributed by atoms with Crippen LogP contribution in [0.4, 0.5) is 0 Å². The van der Waals surface area contributed by atoms with Crippen molar-refractivity contribution >= 4 is 0 Å². The monoisotopic (exact) mass is 461 g/mol. The highest BCUT2D eigenvalue weighted by molar-refractivity contribution is 5.62. The number of hydrogen-bond acceptors (Lipinski definition) is 4. The second-order valence-electron chi connectivity index (χ2n) is 9.73. The van der Waals surface area contributed by atoms with Gasteiger partial charge in [0.25, 0.3) is 0 Å². The van der Waals surface area contributed by atoms with Gasteiger partial charge in [-0.25, -0.2) is 4.98 Å². The molecule has 6 heteroatoms. The quantitative estimate of drug-likeness (QED) is 0.437. The van der Waals surface area contributed by atoms with Crippen molar-refractivity contribution in [1.82, 2.24) is 19.3 Å². The van der Waals surface area contributed by atoms with E-state index in [9.17, 15) is 10.4 Å². The van der Waals surface area contributed by atoms with E-state index in [0.717, 1.165) is 41.2 Å². The first kappa shape index (κ1) is 21.4. The molecule has 0 radical (unpaired) electrons. The Kier molecular flexibility index (Phi) is 4.89. The number of allylic oxidation sites excluding steroid dienone is 2. The lowest BCUT2D eigenvalue weighted by molar-refractivity contribution is 0.150. The molecule has 174 valence electrons. The summed E-state index contributed by atoms with van der Waals surface area (Å²) in [5.74, 6) is 1.10. The average Bonchev–Trinajstić information content (AvgIpc) is 3.51. The summed E-state index contributed by atoms with van der Waals surface area (Å²) in [6.07, 6.45) is 6.04. The van der Waals surface area contributed by atoms with Crippen LogP contribution in [0.1, 0.15) is 36.7 Å². The van der Waals surface area contributed by atoms with E-state index in [4.69, 9.17) is 4.98 Å². The highest BCUT2D eigenvalue weighted by Crippen LogP contribution is 2.57. The van der Waals surface area contributed by atoms with Crippen molar-refractivity contribution in [3.05, 3.63) is 101 Å². The number of para-hydroxylation sites is 1. The number of aliphatic hydroxyl groups excluding tert-OH is 1. The lowest BCUT2D eigenvalue weighted by Crippen LogP contribution is -2.47. The van der Waals surface area contributed by atoms with Crippen LogP contribution in [0.25, 0.3) is 17.1 Å². The first-order chi connectivity index (χ1) is 17.0. The molecule has 3 atom stereocenters. The van der Waals surface area contributed by atoms with Gasteiger partial charge in [-0.2, -0.15) is 10.4 Å². The summed E-state index contributed by atoms with van der Waals surface area (Å²) in [6.45, 7) is 2.05. The van der Waals surface area contributed by atoms with Crippen molar-refractivity contribution in [2.24, 2.45) is 18.9 Å². The summed E-state index contributed by atoms with van der Waals surface area (Å²) in [5.41, 5.74) is 5.30. The van der Waals surface area contributed by atoms with Crippen LogP contribution in [0.3, 0.4) is 0 Å². The molecule has 0 saturated heterocycles. The third-order valence-corrected chi connectivity index (χ3v) is 7.92. The molecule has 6 nitrogen and oxygen atoms in total. The molecule has 2 aliphatic rings. The first-order valence-corrected chi connectivity index (χ1v) is 12.1. The van der Waals surface area contributed by atoms with Crippen LogP contribution < -0.4 is 0 Å². The minimum atomic E-state index is -0.497. The standard InChI is InChI=1S/C29H27N5O/c1-19-24-13-14-25-27(29(24,15-20(16-30)26(19)35)22-9-5-3-6-10-22)32-28(21-17-31-33(2)18-21)34(25)23-11-7-4-8-12-23/h3-12,17-19,24,35H,13-15H2,1-2H3/t19-,24-,29+/m0/s1. The van der Waals surface area contributed by atoms with E-state index in [1.165, 1.54) is 5.69 Å². The smallest absolute Gasteiger partial charge is 0.148 e.